The number of aromatic nitrogens is 4. The number of carbonyl (C=O) groups excluding carboxylic acids is 1. The molecule has 0 fully saturated rings. The van der Waals surface area contributed by atoms with Gasteiger partial charge in [0.05, 0.1) is 17.8 Å². The smallest absolute Gasteiger partial charge is 0.278 e. The van der Waals surface area contributed by atoms with Crippen LogP contribution in [0.5, 0.6) is 5.88 Å². The minimum atomic E-state index is -0.0496. The van der Waals surface area contributed by atoms with Gasteiger partial charge in [0, 0.05) is 6.20 Å². The minimum absolute atomic E-state index is 0.0496. The zero-order chi connectivity index (χ0) is 14.5. The van der Waals surface area contributed by atoms with E-state index in [0.29, 0.717) is 41.9 Å². The van der Waals surface area contributed by atoms with Crippen molar-refractivity contribution in [2.24, 2.45) is 0 Å². The highest BCUT2D eigenvalue weighted by Gasteiger charge is 2.08. The Labute approximate surface area is 115 Å². The third-order valence-electron chi connectivity index (χ3n) is 2.59. The van der Waals surface area contributed by atoms with Gasteiger partial charge in [0.25, 0.3) is 5.88 Å². The second-order valence-electron chi connectivity index (χ2n) is 4.18. The molecule has 0 amide bonds. The van der Waals surface area contributed by atoms with Gasteiger partial charge in [-0.3, -0.25) is 4.79 Å². The first-order chi connectivity index (χ1) is 9.58. The molecule has 2 heterocycles. The lowest BCUT2D eigenvalue weighted by atomic mass is 10.2. The molecule has 0 aliphatic carbocycles. The maximum Gasteiger partial charge on any atom is 0.278 e. The molecule has 2 aromatic heterocycles. The Morgan fingerprint density at radius 3 is 2.75 bits per heavy atom. The van der Waals surface area contributed by atoms with Crippen LogP contribution in [0.1, 0.15) is 28.7 Å². The summed E-state index contributed by atoms with van der Waals surface area (Å²) < 4.78 is 9.86. The van der Waals surface area contributed by atoms with E-state index in [1.165, 1.54) is 13.1 Å². The Kier molecular flexibility index (Phi) is 4.24. The van der Waals surface area contributed by atoms with E-state index in [-0.39, 0.29) is 5.78 Å². The molecule has 0 spiro atoms. The molecule has 8 nitrogen and oxygen atoms in total. The highest BCUT2D eigenvalue weighted by atomic mass is 16.6. The van der Waals surface area contributed by atoms with Crippen molar-refractivity contribution in [1.29, 1.82) is 0 Å². The van der Waals surface area contributed by atoms with Gasteiger partial charge in [0.2, 0.25) is 5.95 Å². The van der Waals surface area contributed by atoms with Crippen molar-refractivity contribution in [3.05, 3.63) is 23.1 Å². The number of anilines is 1. The highest BCUT2D eigenvalue weighted by Crippen LogP contribution is 2.10. The standard InChI is InChI=1S/C12H15N5O3/c1-7-10(9(3)18)6-14-12(15-7)13-4-5-19-11-8(2)16-20-17-11/h6H,4-5H2,1-3H3,(H,13,14,15). The summed E-state index contributed by atoms with van der Waals surface area (Å²) in [4.78, 5) is 19.5. The molecule has 0 unspecified atom stereocenters. The lowest BCUT2D eigenvalue weighted by Crippen LogP contribution is -2.14. The lowest BCUT2D eigenvalue weighted by molar-refractivity contribution is 0.101. The van der Waals surface area contributed by atoms with Crippen molar-refractivity contribution >= 4 is 11.7 Å². The van der Waals surface area contributed by atoms with Crippen LogP contribution in [0, 0.1) is 13.8 Å². The van der Waals surface area contributed by atoms with Crippen LogP contribution in [-0.2, 0) is 0 Å². The van der Waals surface area contributed by atoms with Crippen molar-refractivity contribution in [3.8, 4) is 5.88 Å². The van der Waals surface area contributed by atoms with Crippen molar-refractivity contribution < 1.29 is 14.2 Å². The summed E-state index contributed by atoms with van der Waals surface area (Å²) in [5.74, 6) is 0.772. The first kappa shape index (κ1) is 13.9. The van der Waals surface area contributed by atoms with E-state index in [2.05, 4.69) is 30.2 Å². The zero-order valence-corrected chi connectivity index (χ0v) is 11.5. The topological polar surface area (TPSA) is 103 Å². The molecule has 0 aliphatic rings. The van der Waals surface area contributed by atoms with E-state index in [9.17, 15) is 4.79 Å². The number of ketones is 1. The maximum atomic E-state index is 11.3. The van der Waals surface area contributed by atoms with Crippen molar-refractivity contribution in [3.63, 3.8) is 0 Å². The van der Waals surface area contributed by atoms with Crippen LogP contribution in [0.4, 0.5) is 5.95 Å². The van der Waals surface area contributed by atoms with Gasteiger partial charge in [-0.15, -0.1) is 0 Å². The number of rotatable bonds is 6. The summed E-state index contributed by atoms with van der Waals surface area (Å²) in [5, 5.41) is 10.2. The van der Waals surface area contributed by atoms with Gasteiger partial charge in [-0.2, -0.15) is 0 Å². The fourth-order valence-corrected chi connectivity index (χ4v) is 1.56. The second kappa shape index (κ2) is 6.09. The molecule has 0 bridgehead atoms. The molecule has 0 saturated carbocycles. The second-order valence-corrected chi connectivity index (χ2v) is 4.18. The van der Waals surface area contributed by atoms with Crippen LogP contribution in [-0.4, -0.2) is 39.2 Å². The largest absolute Gasteiger partial charge is 0.472 e. The number of ether oxygens (including phenoxy) is 1. The Balaban J connectivity index is 1.84. The molecule has 0 aliphatic heterocycles. The summed E-state index contributed by atoms with van der Waals surface area (Å²) in [6, 6.07) is 0. The third kappa shape index (κ3) is 3.28. The molecule has 2 aromatic rings. The van der Waals surface area contributed by atoms with Gasteiger partial charge in [-0.25, -0.2) is 14.6 Å². The first-order valence-electron chi connectivity index (χ1n) is 6.08. The van der Waals surface area contributed by atoms with E-state index in [0.717, 1.165) is 0 Å². The molecule has 0 aromatic carbocycles. The van der Waals surface area contributed by atoms with Crippen LogP contribution in [0.25, 0.3) is 0 Å². The van der Waals surface area contributed by atoms with Gasteiger partial charge in [-0.05, 0) is 25.9 Å². The number of nitrogens with one attached hydrogen (secondary N) is 1. The molecule has 0 radical (unpaired) electrons. The number of aryl methyl sites for hydroxylation is 2. The molecule has 2 rings (SSSR count). The van der Waals surface area contributed by atoms with Gasteiger partial charge in [0.15, 0.2) is 5.78 Å². The predicted molar refractivity (Wildman–Crippen MR) is 69.8 cm³/mol. The molecule has 106 valence electrons. The molecule has 0 atom stereocenters. The van der Waals surface area contributed by atoms with Crippen LogP contribution < -0.4 is 10.1 Å². The minimum Gasteiger partial charge on any atom is -0.472 e. The number of nitrogens with zero attached hydrogens (tertiary/aromatic N) is 4. The molecular formula is C12H15N5O3. The van der Waals surface area contributed by atoms with Gasteiger partial charge in [0.1, 0.15) is 12.3 Å². The Morgan fingerprint density at radius 1 is 1.35 bits per heavy atom. The number of Topliss-reactive ketones (excluding diaryl/α,β-unsaturated/α-hetero) is 1. The van der Waals surface area contributed by atoms with E-state index >= 15 is 0 Å². The first-order valence-corrected chi connectivity index (χ1v) is 6.08. The van der Waals surface area contributed by atoms with Gasteiger partial charge in [-0.1, -0.05) is 5.16 Å². The summed E-state index contributed by atoms with van der Waals surface area (Å²) >= 11 is 0. The number of hydrogen-bond acceptors (Lipinski definition) is 8. The average Bonchev–Trinajstić information content (AvgIpc) is 2.80. The summed E-state index contributed by atoms with van der Waals surface area (Å²) in [6.07, 6.45) is 1.51. The van der Waals surface area contributed by atoms with Crippen LogP contribution in [0.3, 0.4) is 0 Å². The van der Waals surface area contributed by atoms with E-state index in [1.54, 1.807) is 13.8 Å². The SMILES string of the molecule is CC(=O)c1cnc(NCCOc2nonc2C)nc1C. The summed E-state index contributed by atoms with van der Waals surface area (Å²) in [7, 11) is 0. The van der Waals surface area contributed by atoms with Crippen molar-refractivity contribution in [2.45, 2.75) is 20.8 Å². The van der Waals surface area contributed by atoms with Gasteiger partial charge >= 0.3 is 0 Å². The van der Waals surface area contributed by atoms with Gasteiger partial charge < -0.3 is 10.1 Å². The summed E-state index contributed by atoms with van der Waals surface area (Å²) in [6.45, 7) is 5.86. The van der Waals surface area contributed by atoms with E-state index in [1.807, 2.05) is 0 Å². The van der Waals surface area contributed by atoms with E-state index < -0.39 is 0 Å². The highest BCUT2D eigenvalue weighted by molar-refractivity contribution is 5.94. The lowest BCUT2D eigenvalue weighted by Gasteiger charge is -2.07. The molecule has 0 saturated heterocycles. The predicted octanol–water partition coefficient (Wildman–Crippen LogP) is 1.17. The molecular weight excluding hydrogens is 262 g/mol. The Morgan fingerprint density at radius 2 is 2.15 bits per heavy atom. The van der Waals surface area contributed by atoms with E-state index in [4.69, 9.17) is 4.74 Å². The normalized spacial score (nSPS) is 10.3. The average molecular weight is 277 g/mol. The third-order valence-corrected chi connectivity index (χ3v) is 2.59. The fourth-order valence-electron chi connectivity index (χ4n) is 1.56. The number of hydrogen-bond donors (Lipinski definition) is 1. The zero-order valence-electron chi connectivity index (χ0n) is 11.5. The van der Waals surface area contributed by atoms with Crippen molar-refractivity contribution in [1.82, 2.24) is 20.3 Å². The molecule has 20 heavy (non-hydrogen) atoms. The van der Waals surface area contributed by atoms with Crippen LogP contribution in [0.2, 0.25) is 0 Å². The summed E-state index contributed by atoms with van der Waals surface area (Å²) in [5.41, 5.74) is 1.77. The quantitative estimate of drug-likeness (QED) is 0.620. The van der Waals surface area contributed by atoms with Crippen molar-refractivity contribution in [2.75, 3.05) is 18.5 Å². The maximum absolute atomic E-state index is 11.3. The molecule has 8 heteroatoms. The Bertz CT molecular complexity index is 611. The monoisotopic (exact) mass is 277 g/mol. The Hall–Kier alpha value is -2.51. The molecule has 1 N–H and O–H groups in total. The fraction of sp³-hybridized carbons (Fsp3) is 0.417. The number of carbonyl (C=O) groups is 1. The van der Waals surface area contributed by atoms with Crippen LogP contribution >= 0.6 is 0 Å². The van der Waals surface area contributed by atoms with Crippen LogP contribution in [0.15, 0.2) is 10.8 Å².